The standard InChI is InChI=1S/C22H20N4O3S/c1-4-13-30-22-23-20(28)19-17-7-5-6-8-18(17)25(14(2)27)21(26(19)24-22)15-9-11-16(29-3)12-10-15/h4-12,21H,1,13H2,2-3H3/p+1/t21-/m0/s1. The van der Waals surface area contributed by atoms with Crippen molar-refractivity contribution in [1.82, 2.24) is 10.1 Å². The number of H-pyrrole nitrogens is 1. The van der Waals surface area contributed by atoms with Crippen LogP contribution in [0.25, 0.3) is 11.3 Å². The molecule has 1 atom stereocenters. The predicted molar refractivity (Wildman–Crippen MR) is 116 cm³/mol. The quantitative estimate of drug-likeness (QED) is 0.389. The SMILES string of the molecule is C=CCSc1n[n+]2c(c(=O)[nH]1)-c1ccccc1N(C(C)=O)[C@@H]2c1ccc(OC)cc1. The molecule has 1 aromatic heterocycles. The molecule has 7 nitrogen and oxygen atoms in total. The van der Waals surface area contributed by atoms with E-state index in [0.717, 1.165) is 5.56 Å². The number of ether oxygens (including phenoxy) is 1. The Balaban J connectivity index is 2.00. The first-order chi connectivity index (χ1) is 14.5. The zero-order valence-corrected chi connectivity index (χ0v) is 17.5. The van der Waals surface area contributed by atoms with Gasteiger partial charge in [0.1, 0.15) is 5.75 Å². The van der Waals surface area contributed by atoms with Crippen LogP contribution in [0.4, 0.5) is 5.69 Å². The second-order valence-electron chi connectivity index (χ2n) is 6.71. The Kier molecular flexibility index (Phi) is 5.41. The number of hydrogen-bond acceptors (Lipinski definition) is 5. The van der Waals surface area contributed by atoms with Gasteiger partial charge < -0.3 is 4.74 Å². The van der Waals surface area contributed by atoms with Gasteiger partial charge in [0.25, 0.3) is 6.17 Å². The molecule has 0 fully saturated rings. The predicted octanol–water partition coefficient (Wildman–Crippen LogP) is 2.92. The van der Waals surface area contributed by atoms with E-state index in [9.17, 15) is 9.59 Å². The summed E-state index contributed by atoms with van der Waals surface area (Å²) in [5, 5.41) is 5.16. The van der Waals surface area contributed by atoms with Crippen molar-refractivity contribution in [3.05, 3.63) is 77.1 Å². The van der Waals surface area contributed by atoms with E-state index in [2.05, 4.69) is 11.6 Å². The van der Waals surface area contributed by atoms with Crippen molar-refractivity contribution in [3.63, 3.8) is 0 Å². The summed E-state index contributed by atoms with van der Waals surface area (Å²) >= 11 is 1.37. The van der Waals surface area contributed by atoms with Crippen LogP contribution in [0.15, 0.2) is 71.1 Å². The highest BCUT2D eigenvalue weighted by molar-refractivity contribution is 7.99. The van der Waals surface area contributed by atoms with Gasteiger partial charge in [-0.2, -0.15) is 0 Å². The number of rotatable bonds is 5. The number of nitrogens with zero attached hydrogens (tertiary/aromatic N) is 3. The number of para-hydroxylation sites is 1. The number of anilines is 1. The van der Waals surface area contributed by atoms with Crippen molar-refractivity contribution in [2.45, 2.75) is 18.2 Å². The summed E-state index contributed by atoms with van der Waals surface area (Å²) < 4.78 is 6.90. The van der Waals surface area contributed by atoms with E-state index in [1.54, 1.807) is 22.8 Å². The van der Waals surface area contributed by atoms with Gasteiger partial charge in [-0.15, -0.1) is 6.58 Å². The fourth-order valence-corrected chi connectivity index (χ4v) is 4.18. The number of benzene rings is 2. The average molecular weight is 422 g/mol. The number of amides is 1. The summed E-state index contributed by atoms with van der Waals surface area (Å²) in [6.07, 6.45) is 1.14. The number of carbonyl (C=O) groups excluding carboxylic acids is 1. The monoisotopic (exact) mass is 421 g/mol. The minimum Gasteiger partial charge on any atom is -0.497 e. The van der Waals surface area contributed by atoms with Crippen molar-refractivity contribution in [2.75, 3.05) is 17.8 Å². The maximum absolute atomic E-state index is 13.1. The van der Waals surface area contributed by atoms with Crippen LogP contribution in [0.5, 0.6) is 5.75 Å². The minimum absolute atomic E-state index is 0.149. The van der Waals surface area contributed by atoms with E-state index in [4.69, 9.17) is 9.84 Å². The van der Waals surface area contributed by atoms with Crippen LogP contribution in [0.1, 0.15) is 18.7 Å². The van der Waals surface area contributed by atoms with Crippen LogP contribution in [-0.4, -0.2) is 28.9 Å². The normalized spacial score (nSPS) is 14.6. The Morgan fingerprint density at radius 2 is 2.03 bits per heavy atom. The second-order valence-corrected chi connectivity index (χ2v) is 7.71. The molecule has 0 aliphatic carbocycles. The number of nitrogens with one attached hydrogen (secondary N) is 1. The molecule has 0 unspecified atom stereocenters. The fourth-order valence-electron chi connectivity index (χ4n) is 3.59. The number of hydrogen-bond donors (Lipinski definition) is 1. The maximum atomic E-state index is 13.1. The highest BCUT2D eigenvalue weighted by Crippen LogP contribution is 2.37. The van der Waals surface area contributed by atoms with Gasteiger partial charge in [-0.3, -0.25) is 14.6 Å². The maximum Gasteiger partial charge on any atom is 0.325 e. The van der Waals surface area contributed by atoms with Crippen molar-refractivity contribution >= 4 is 23.4 Å². The van der Waals surface area contributed by atoms with Crippen molar-refractivity contribution in [3.8, 4) is 17.0 Å². The molecular formula is C22H21N4O3S+. The summed E-state index contributed by atoms with van der Waals surface area (Å²) in [5.74, 6) is 1.15. The van der Waals surface area contributed by atoms with Crippen LogP contribution in [0.2, 0.25) is 0 Å². The zero-order chi connectivity index (χ0) is 21.3. The lowest BCUT2D eigenvalue weighted by molar-refractivity contribution is -0.763. The number of aromatic nitrogens is 3. The first-order valence-corrected chi connectivity index (χ1v) is 10.4. The van der Waals surface area contributed by atoms with Crippen LogP contribution in [0, 0.1) is 0 Å². The van der Waals surface area contributed by atoms with Crippen LogP contribution < -0.4 is 19.9 Å². The van der Waals surface area contributed by atoms with Crippen LogP contribution in [0.3, 0.4) is 0 Å². The van der Waals surface area contributed by atoms with E-state index < -0.39 is 6.17 Å². The molecule has 4 rings (SSSR count). The van der Waals surface area contributed by atoms with Gasteiger partial charge in [0.15, 0.2) is 0 Å². The molecule has 0 radical (unpaired) electrons. The summed E-state index contributed by atoms with van der Waals surface area (Å²) in [6.45, 7) is 5.23. The van der Waals surface area contributed by atoms with E-state index in [-0.39, 0.29) is 11.5 Å². The minimum atomic E-state index is -0.608. The van der Waals surface area contributed by atoms with Gasteiger partial charge in [-0.05, 0) is 41.1 Å². The molecule has 1 N–H and O–H groups in total. The molecule has 1 aliphatic heterocycles. The summed E-state index contributed by atoms with van der Waals surface area (Å²) in [5.41, 5.74) is 2.29. The number of aromatic amines is 1. The molecule has 1 aliphatic rings. The largest absolute Gasteiger partial charge is 0.497 e. The fraction of sp³-hybridized carbons (Fsp3) is 0.182. The average Bonchev–Trinajstić information content (AvgIpc) is 2.76. The lowest BCUT2D eigenvalue weighted by Gasteiger charge is -2.31. The molecule has 30 heavy (non-hydrogen) atoms. The number of carbonyl (C=O) groups is 1. The molecule has 8 heteroatoms. The molecule has 0 saturated heterocycles. The Hall–Kier alpha value is -3.39. The molecule has 3 aromatic rings. The van der Waals surface area contributed by atoms with E-state index in [1.165, 1.54) is 18.7 Å². The molecule has 0 bridgehead atoms. The van der Waals surface area contributed by atoms with Crippen molar-refractivity contribution in [1.29, 1.82) is 0 Å². The van der Waals surface area contributed by atoms with Gasteiger partial charge in [0.2, 0.25) is 11.1 Å². The third-order valence-corrected chi connectivity index (χ3v) is 5.71. The summed E-state index contributed by atoms with van der Waals surface area (Å²) in [6, 6.07) is 14.8. The van der Waals surface area contributed by atoms with Gasteiger partial charge in [-0.25, -0.2) is 4.90 Å². The zero-order valence-electron chi connectivity index (χ0n) is 16.7. The third-order valence-electron chi connectivity index (χ3n) is 4.85. The first kappa shape index (κ1) is 19.9. The summed E-state index contributed by atoms with van der Waals surface area (Å²) in [4.78, 5) is 30.4. The van der Waals surface area contributed by atoms with E-state index in [1.807, 2.05) is 48.5 Å². The molecule has 0 saturated carbocycles. The first-order valence-electron chi connectivity index (χ1n) is 9.38. The molecule has 2 heterocycles. The Morgan fingerprint density at radius 1 is 1.30 bits per heavy atom. The lowest BCUT2D eigenvalue weighted by atomic mass is 10.0. The molecule has 2 aromatic carbocycles. The summed E-state index contributed by atoms with van der Waals surface area (Å²) in [7, 11) is 1.60. The molecular weight excluding hydrogens is 400 g/mol. The number of methoxy groups -OCH3 is 1. The second kappa shape index (κ2) is 8.16. The van der Waals surface area contributed by atoms with Gasteiger partial charge in [0, 0.05) is 23.3 Å². The Labute approximate surface area is 178 Å². The van der Waals surface area contributed by atoms with Crippen molar-refractivity contribution < 1.29 is 14.2 Å². The smallest absolute Gasteiger partial charge is 0.325 e. The van der Waals surface area contributed by atoms with Crippen LogP contribution in [-0.2, 0) is 4.79 Å². The van der Waals surface area contributed by atoms with Gasteiger partial charge in [0.05, 0.1) is 18.4 Å². The van der Waals surface area contributed by atoms with Crippen molar-refractivity contribution in [2.24, 2.45) is 0 Å². The Bertz CT molecular complexity index is 1170. The highest BCUT2D eigenvalue weighted by atomic mass is 32.2. The Morgan fingerprint density at radius 3 is 2.70 bits per heavy atom. The van der Waals surface area contributed by atoms with E-state index >= 15 is 0 Å². The van der Waals surface area contributed by atoms with Crippen LogP contribution >= 0.6 is 11.8 Å². The van der Waals surface area contributed by atoms with Gasteiger partial charge >= 0.3 is 11.3 Å². The topological polar surface area (TPSA) is 79.2 Å². The number of thioether (sulfide) groups is 1. The molecule has 152 valence electrons. The van der Waals surface area contributed by atoms with Gasteiger partial charge in [-0.1, -0.05) is 30.0 Å². The molecule has 0 spiro atoms. The third kappa shape index (κ3) is 3.39. The number of fused-ring (bicyclic) bond motifs is 3. The lowest BCUT2D eigenvalue weighted by Crippen LogP contribution is -2.60. The molecule has 1 amide bonds. The van der Waals surface area contributed by atoms with E-state index in [0.29, 0.717) is 33.6 Å². The highest BCUT2D eigenvalue weighted by Gasteiger charge is 2.44.